The third-order valence-electron chi connectivity index (χ3n) is 4.76. The Balaban J connectivity index is 1.85. The number of hydrogen-bond acceptors (Lipinski definition) is 3. The summed E-state index contributed by atoms with van der Waals surface area (Å²) in [5, 5.41) is 6.73. The third-order valence-corrected chi connectivity index (χ3v) is 4.76. The normalized spacial score (nSPS) is 12.4. The van der Waals surface area contributed by atoms with Gasteiger partial charge in [0.15, 0.2) is 0 Å². The molecule has 2 aromatic carbocycles. The van der Waals surface area contributed by atoms with Crippen molar-refractivity contribution in [2.45, 2.75) is 52.7 Å². The van der Waals surface area contributed by atoms with E-state index >= 15 is 0 Å². The van der Waals surface area contributed by atoms with E-state index in [1.807, 2.05) is 62.5 Å². The molecule has 158 valence electrons. The maximum atomic E-state index is 13.1. The molecule has 1 aromatic heterocycles. The Bertz CT molecular complexity index is 1060. The maximum absolute atomic E-state index is 13.1. The van der Waals surface area contributed by atoms with Crippen molar-refractivity contribution in [1.29, 1.82) is 0 Å². The van der Waals surface area contributed by atoms with Crippen molar-refractivity contribution in [2.24, 2.45) is 0 Å². The van der Waals surface area contributed by atoms with Crippen molar-refractivity contribution in [1.82, 2.24) is 10.3 Å². The summed E-state index contributed by atoms with van der Waals surface area (Å²) in [6, 6.07) is 13.0. The zero-order valence-electron chi connectivity index (χ0n) is 18.1. The minimum atomic E-state index is -0.793. The highest BCUT2D eigenvalue weighted by atomic mass is 16.6. The molecule has 0 saturated carbocycles. The topological polar surface area (TPSA) is 83.2 Å². The van der Waals surface area contributed by atoms with Gasteiger partial charge >= 0.3 is 6.09 Å². The lowest BCUT2D eigenvalue weighted by molar-refractivity contribution is -0.118. The number of anilines is 1. The number of para-hydroxylation sites is 1. The van der Waals surface area contributed by atoms with Crippen molar-refractivity contribution in [3.63, 3.8) is 0 Å². The summed E-state index contributed by atoms with van der Waals surface area (Å²) in [6.45, 7) is 9.27. The van der Waals surface area contributed by atoms with E-state index in [0.29, 0.717) is 6.42 Å². The molecule has 0 aliphatic rings. The Kier molecular flexibility index (Phi) is 6.15. The molecule has 3 aromatic rings. The van der Waals surface area contributed by atoms with Gasteiger partial charge in [0.25, 0.3) is 0 Å². The molecule has 6 heteroatoms. The van der Waals surface area contributed by atoms with Crippen LogP contribution in [0, 0.1) is 13.8 Å². The van der Waals surface area contributed by atoms with Gasteiger partial charge in [0.2, 0.25) is 5.91 Å². The van der Waals surface area contributed by atoms with Gasteiger partial charge in [-0.3, -0.25) is 4.79 Å². The quantitative estimate of drug-likeness (QED) is 0.565. The summed E-state index contributed by atoms with van der Waals surface area (Å²) in [7, 11) is 0. The summed E-state index contributed by atoms with van der Waals surface area (Å²) in [4.78, 5) is 28.8. The molecule has 1 atom stereocenters. The van der Waals surface area contributed by atoms with Gasteiger partial charge in [0.05, 0.1) is 0 Å². The van der Waals surface area contributed by atoms with E-state index in [0.717, 1.165) is 33.3 Å². The Morgan fingerprint density at radius 1 is 1.10 bits per heavy atom. The number of ether oxygens (including phenoxy) is 1. The molecular weight excluding hydrogens is 378 g/mol. The van der Waals surface area contributed by atoms with E-state index in [-0.39, 0.29) is 5.91 Å². The molecule has 1 heterocycles. The predicted molar refractivity (Wildman–Crippen MR) is 120 cm³/mol. The van der Waals surface area contributed by atoms with E-state index in [1.54, 1.807) is 20.8 Å². The highest BCUT2D eigenvalue weighted by Crippen LogP contribution is 2.21. The number of benzene rings is 2. The Morgan fingerprint density at radius 2 is 1.83 bits per heavy atom. The number of carbonyl (C=O) groups is 2. The number of aromatic amines is 1. The van der Waals surface area contributed by atoms with Crippen molar-refractivity contribution in [3.8, 4) is 0 Å². The second kappa shape index (κ2) is 8.61. The van der Waals surface area contributed by atoms with Gasteiger partial charge in [-0.15, -0.1) is 0 Å². The first-order chi connectivity index (χ1) is 14.1. The summed E-state index contributed by atoms with van der Waals surface area (Å²) in [6.07, 6.45) is 1.59. The number of aryl methyl sites for hydroxylation is 2. The third kappa shape index (κ3) is 5.41. The Morgan fingerprint density at radius 3 is 2.57 bits per heavy atom. The average molecular weight is 408 g/mol. The van der Waals surface area contributed by atoms with Crippen LogP contribution in [0.4, 0.5) is 10.5 Å². The minimum Gasteiger partial charge on any atom is -0.444 e. The van der Waals surface area contributed by atoms with Crippen LogP contribution in [0.1, 0.15) is 37.5 Å². The van der Waals surface area contributed by atoms with Crippen LogP contribution in [0.3, 0.4) is 0 Å². The summed E-state index contributed by atoms with van der Waals surface area (Å²) in [5.74, 6) is -0.292. The van der Waals surface area contributed by atoms with E-state index < -0.39 is 17.7 Å². The highest BCUT2D eigenvalue weighted by molar-refractivity contribution is 5.98. The van der Waals surface area contributed by atoms with Crippen molar-refractivity contribution < 1.29 is 14.3 Å². The fourth-order valence-corrected chi connectivity index (χ4v) is 3.27. The second-order valence-corrected chi connectivity index (χ2v) is 8.57. The van der Waals surface area contributed by atoms with Gasteiger partial charge in [-0.1, -0.05) is 30.3 Å². The highest BCUT2D eigenvalue weighted by Gasteiger charge is 2.26. The molecule has 2 amide bonds. The SMILES string of the molecule is Cc1ccc(C)c(NC(=O)[C@H](Cc2c[nH]c3ccccc23)NC(=O)OC(C)(C)C)c1. The van der Waals surface area contributed by atoms with Crippen LogP contribution in [-0.4, -0.2) is 28.6 Å². The Hall–Kier alpha value is -3.28. The predicted octanol–water partition coefficient (Wildman–Crippen LogP) is 4.86. The zero-order chi connectivity index (χ0) is 21.9. The molecule has 0 unspecified atom stereocenters. The van der Waals surface area contributed by atoms with Gasteiger partial charge in [0.1, 0.15) is 11.6 Å². The number of nitrogens with one attached hydrogen (secondary N) is 3. The molecule has 0 aliphatic carbocycles. The number of rotatable bonds is 5. The smallest absolute Gasteiger partial charge is 0.408 e. The van der Waals surface area contributed by atoms with Crippen LogP contribution >= 0.6 is 0 Å². The number of H-pyrrole nitrogens is 1. The lowest BCUT2D eigenvalue weighted by Crippen LogP contribution is -2.47. The van der Waals surface area contributed by atoms with Crippen LogP contribution in [0.25, 0.3) is 10.9 Å². The zero-order valence-corrected chi connectivity index (χ0v) is 18.1. The number of amides is 2. The molecule has 6 nitrogen and oxygen atoms in total. The molecule has 3 N–H and O–H groups in total. The van der Waals surface area contributed by atoms with Crippen LogP contribution in [0.5, 0.6) is 0 Å². The standard InChI is InChI=1S/C24H29N3O3/c1-15-10-11-16(2)20(12-15)26-22(28)21(27-23(29)30-24(3,4)5)13-17-14-25-19-9-7-6-8-18(17)19/h6-12,14,21,25H,13H2,1-5H3,(H,26,28)(H,27,29)/t21-/m0/s1. The molecule has 0 fully saturated rings. The molecule has 0 spiro atoms. The lowest BCUT2D eigenvalue weighted by atomic mass is 10.0. The summed E-state index contributed by atoms with van der Waals surface area (Å²) < 4.78 is 5.38. The van der Waals surface area contributed by atoms with Gasteiger partial charge in [-0.25, -0.2) is 4.79 Å². The van der Waals surface area contributed by atoms with Gasteiger partial charge in [-0.05, 0) is 63.4 Å². The molecule has 0 bridgehead atoms. The van der Waals surface area contributed by atoms with Crippen molar-refractivity contribution >= 4 is 28.6 Å². The van der Waals surface area contributed by atoms with Crippen molar-refractivity contribution in [3.05, 3.63) is 65.4 Å². The number of alkyl carbamates (subject to hydrolysis) is 1. The Labute approximate surface area is 177 Å². The average Bonchev–Trinajstić information content (AvgIpc) is 3.06. The maximum Gasteiger partial charge on any atom is 0.408 e. The van der Waals surface area contributed by atoms with Gasteiger partial charge < -0.3 is 20.4 Å². The van der Waals surface area contributed by atoms with E-state index in [1.165, 1.54) is 0 Å². The largest absolute Gasteiger partial charge is 0.444 e. The van der Waals surface area contributed by atoms with Crippen molar-refractivity contribution in [2.75, 3.05) is 5.32 Å². The van der Waals surface area contributed by atoms with Crippen LogP contribution in [0.2, 0.25) is 0 Å². The minimum absolute atomic E-state index is 0.292. The summed E-state index contributed by atoms with van der Waals surface area (Å²) in [5.41, 5.74) is 4.01. The number of aromatic nitrogens is 1. The van der Waals surface area contributed by atoms with E-state index in [9.17, 15) is 9.59 Å². The molecule has 30 heavy (non-hydrogen) atoms. The first-order valence-electron chi connectivity index (χ1n) is 10.0. The molecule has 0 aliphatic heterocycles. The second-order valence-electron chi connectivity index (χ2n) is 8.57. The van der Waals surface area contributed by atoms with E-state index in [2.05, 4.69) is 15.6 Å². The molecule has 0 radical (unpaired) electrons. The van der Waals surface area contributed by atoms with E-state index in [4.69, 9.17) is 4.74 Å². The number of fused-ring (bicyclic) bond motifs is 1. The number of hydrogen-bond donors (Lipinski definition) is 3. The van der Waals surface area contributed by atoms with Gasteiger partial charge in [0, 0.05) is 29.2 Å². The fourth-order valence-electron chi connectivity index (χ4n) is 3.27. The molecular formula is C24H29N3O3. The fraction of sp³-hybridized carbons (Fsp3) is 0.333. The van der Waals surface area contributed by atoms with Gasteiger partial charge in [-0.2, -0.15) is 0 Å². The first-order valence-corrected chi connectivity index (χ1v) is 10.0. The summed E-state index contributed by atoms with van der Waals surface area (Å²) >= 11 is 0. The van der Waals surface area contributed by atoms with Crippen LogP contribution < -0.4 is 10.6 Å². The number of carbonyl (C=O) groups excluding carboxylic acids is 2. The molecule has 0 saturated heterocycles. The lowest BCUT2D eigenvalue weighted by Gasteiger charge is -2.23. The van der Waals surface area contributed by atoms with Crippen LogP contribution in [-0.2, 0) is 16.0 Å². The monoisotopic (exact) mass is 407 g/mol. The van der Waals surface area contributed by atoms with Crippen LogP contribution in [0.15, 0.2) is 48.7 Å². The molecule has 3 rings (SSSR count). The first kappa shape index (κ1) is 21.4.